The number of benzene rings is 1. The van der Waals surface area contributed by atoms with Crippen molar-refractivity contribution in [3.8, 4) is 5.75 Å². The van der Waals surface area contributed by atoms with Gasteiger partial charge in [-0.2, -0.15) is 0 Å². The Morgan fingerprint density at radius 2 is 1.41 bits per heavy atom. The van der Waals surface area contributed by atoms with Gasteiger partial charge in [0.1, 0.15) is 24.0 Å². The standard InChI is InChI=1S/C33H47NO5/c1-3-5-6-7-8-9-10-11-12-13-14-15-16-17-18-19-20-23-27-38-31(4-2)32(36)34-26-28-39-33(37)29-24-21-22-25-30(29)35/h5-6,8-9,11-12,14-15,17-18,21-22,24-25,31,35H,3-4,7,10,13,16,19-20,23,26-28H2,1-2H3,(H,34,36)/b6-5-,9-8-,12-11-,15-14-,18-17-/t31-/m1/s1. The zero-order chi connectivity index (χ0) is 28.4. The number of ether oxygens (including phenoxy) is 2. The Labute approximate surface area is 235 Å². The fraction of sp³-hybridized carbons (Fsp3) is 0.455. The van der Waals surface area contributed by atoms with Crippen LogP contribution >= 0.6 is 0 Å². The number of unbranched alkanes of at least 4 members (excludes halogenated alkanes) is 2. The molecular formula is C33H47NO5. The number of hydrogen-bond acceptors (Lipinski definition) is 5. The lowest BCUT2D eigenvalue weighted by Gasteiger charge is -2.16. The Bertz CT molecular complexity index is 945. The van der Waals surface area contributed by atoms with E-state index in [0.29, 0.717) is 13.0 Å². The molecule has 0 aliphatic heterocycles. The van der Waals surface area contributed by atoms with E-state index in [4.69, 9.17) is 9.47 Å². The van der Waals surface area contributed by atoms with Gasteiger partial charge in [0.2, 0.25) is 5.91 Å². The molecule has 1 aromatic rings. The minimum Gasteiger partial charge on any atom is -0.507 e. The van der Waals surface area contributed by atoms with Crippen molar-refractivity contribution < 1.29 is 24.2 Å². The van der Waals surface area contributed by atoms with Crippen LogP contribution in [0.15, 0.2) is 85.0 Å². The van der Waals surface area contributed by atoms with Crippen molar-refractivity contribution >= 4 is 11.9 Å². The SMILES string of the molecule is CC/C=C\C/C=C\C/C=C\C/C=C\C/C=C\CCCCO[C@H](CC)C(=O)NCCOC(=O)c1ccccc1O. The monoisotopic (exact) mass is 537 g/mol. The smallest absolute Gasteiger partial charge is 0.341 e. The van der Waals surface area contributed by atoms with E-state index in [0.717, 1.165) is 51.4 Å². The Hall–Kier alpha value is -3.38. The Balaban J connectivity index is 2.05. The van der Waals surface area contributed by atoms with E-state index in [1.54, 1.807) is 12.1 Å². The van der Waals surface area contributed by atoms with Gasteiger partial charge in [-0.15, -0.1) is 0 Å². The van der Waals surface area contributed by atoms with Crippen molar-refractivity contribution in [2.45, 2.75) is 77.7 Å². The molecule has 0 unspecified atom stereocenters. The molecule has 1 aromatic carbocycles. The fourth-order valence-electron chi connectivity index (χ4n) is 3.49. The quantitative estimate of drug-likeness (QED) is 0.0971. The van der Waals surface area contributed by atoms with Crippen LogP contribution < -0.4 is 5.32 Å². The average molecular weight is 538 g/mol. The number of phenolic OH excluding ortho intramolecular Hbond substituents is 1. The zero-order valence-corrected chi connectivity index (χ0v) is 23.7. The van der Waals surface area contributed by atoms with Gasteiger partial charge in [-0.1, -0.05) is 86.7 Å². The van der Waals surface area contributed by atoms with E-state index in [9.17, 15) is 14.7 Å². The highest BCUT2D eigenvalue weighted by atomic mass is 16.5. The first-order valence-electron chi connectivity index (χ1n) is 14.2. The fourth-order valence-corrected chi connectivity index (χ4v) is 3.49. The molecule has 1 rings (SSSR count). The number of carbonyl (C=O) groups is 2. The maximum atomic E-state index is 12.3. The lowest BCUT2D eigenvalue weighted by Crippen LogP contribution is -2.38. The predicted molar refractivity (Wildman–Crippen MR) is 160 cm³/mol. The average Bonchev–Trinajstić information content (AvgIpc) is 2.94. The van der Waals surface area contributed by atoms with Crippen molar-refractivity contribution in [2.24, 2.45) is 0 Å². The first-order chi connectivity index (χ1) is 19.1. The number of allylic oxidation sites excluding steroid dienone is 10. The highest BCUT2D eigenvalue weighted by Gasteiger charge is 2.17. The van der Waals surface area contributed by atoms with Gasteiger partial charge in [-0.3, -0.25) is 4.79 Å². The van der Waals surface area contributed by atoms with Crippen molar-refractivity contribution in [3.05, 3.63) is 90.6 Å². The predicted octanol–water partition coefficient (Wildman–Crippen LogP) is 7.38. The molecule has 2 N–H and O–H groups in total. The summed E-state index contributed by atoms with van der Waals surface area (Å²) in [4.78, 5) is 24.3. The summed E-state index contributed by atoms with van der Waals surface area (Å²) in [6, 6.07) is 6.18. The maximum absolute atomic E-state index is 12.3. The molecule has 0 aliphatic carbocycles. The van der Waals surface area contributed by atoms with Crippen LogP contribution in [0.5, 0.6) is 5.75 Å². The highest BCUT2D eigenvalue weighted by Crippen LogP contribution is 2.16. The van der Waals surface area contributed by atoms with Gasteiger partial charge in [0.25, 0.3) is 0 Å². The number of esters is 1. The van der Waals surface area contributed by atoms with E-state index < -0.39 is 12.1 Å². The summed E-state index contributed by atoms with van der Waals surface area (Å²) in [6.45, 7) is 4.77. The Kier molecular flexibility index (Phi) is 20.5. The summed E-state index contributed by atoms with van der Waals surface area (Å²) in [6.07, 6.45) is 29.9. The summed E-state index contributed by atoms with van der Waals surface area (Å²) in [7, 11) is 0. The van der Waals surface area contributed by atoms with Crippen molar-refractivity contribution in [1.29, 1.82) is 0 Å². The lowest BCUT2D eigenvalue weighted by molar-refractivity contribution is -0.133. The molecule has 0 fully saturated rings. The van der Waals surface area contributed by atoms with Crippen LogP contribution in [0.1, 0.15) is 82.0 Å². The van der Waals surface area contributed by atoms with Gasteiger partial charge in [0.05, 0.1) is 6.54 Å². The van der Waals surface area contributed by atoms with Crippen LogP contribution in [0.4, 0.5) is 0 Å². The molecule has 6 heteroatoms. The minimum absolute atomic E-state index is 0.0165. The number of para-hydroxylation sites is 1. The van der Waals surface area contributed by atoms with E-state index in [1.807, 2.05) is 6.92 Å². The third kappa shape index (κ3) is 17.7. The summed E-state index contributed by atoms with van der Waals surface area (Å²) in [5, 5.41) is 12.4. The van der Waals surface area contributed by atoms with Crippen LogP contribution in [0, 0.1) is 0 Å². The molecule has 0 aromatic heterocycles. The third-order valence-electron chi connectivity index (χ3n) is 5.66. The largest absolute Gasteiger partial charge is 0.507 e. The molecule has 0 bridgehead atoms. The van der Waals surface area contributed by atoms with E-state index in [2.05, 4.69) is 73.0 Å². The normalized spacial score (nSPS) is 12.9. The van der Waals surface area contributed by atoms with Crippen molar-refractivity contribution in [2.75, 3.05) is 19.8 Å². The summed E-state index contributed by atoms with van der Waals surface area (Å²) in [5.41, 5.74) is 0.100. The number of rotatable bonds is 21. The number of carbonyl (C=O) groups excluding carboxylic acids is 2. The second-order valence-corrected chi connectivity index (χ2v) is 8.92. The molecule has 0 saturated heterocycles. The second-order valence-electron chi connectivity index (χ2n) is 8.92. The number of amides is 1. The van der Waals surface area contributed by atoms with Crippen LogP contribution in [0.3, 0.4) is 0 Å². The van der Waals surface area contributed by atoms with Gasteiger partial charge in [0, 0.05) is 6.61 Å². The van der Waals surface area contributed by atoms with E-state index in [-0.39, 0.29) is 30.4 Å². The van der Waals surface area contributed by atoms with E-state index in [1.165, 1.54) is 12.1 Å². The Morgan fingerprint density at radius 1 is 0.821 bits per heavy atom. The lowest BCUT2D eigenvalue weighted by atomic mass is 10.2. The van der Waals surface area contributed by atoms with Gasteiger partial charge in [0.15, 0.2) is 0 Å². The number of hydrogen-bond donors (Lipinski definition) is 2. The van der Waals surface area contributed by atoms with Crippen LogP contribution in [-0.4, -0.2) is 42.8 Å². The molecule has 6 nitrogen and oxygen atoms in total. The Morgan fingerprint density at radius 3 is 2.00 bits per heavy atom. The van der Waals surface area contributed by atoms with Crippen LogP contribution in [0.25, 0.3) is 0 Å². The summed E-state index contributed by atoms with van der Waals surface area (Å²) < 4.78 is 10.8. The second kappa shape index (κ2) is 23.7. The van der Waals surface area contributed by atoms with E-state index >= 15 is 0 Å². The first-order valence-corrected chi connectivity index (χ1v) is 14.2. The molecule has 0 spiro atoms. The number of nitrogens with one attached hydrogen (secondary N) is 1. The molecule has 0 aliphatic rings. The number of phenols is 1. The van der Waals surface area contributed by atoms with Crippen molar-refractivity contribution in [1.82, 2.24) is 5.32 Å². The molecule has 39 heavy (non-hydrogen) atoms. The molecular weight excluding hydrogens is 490 g/mol. The van der Waals surface area contributed by atoms with Gasteiger partial charge < -0.3 is 19.9 Å². The molecule has 0 radical (unpaired) electrons. The third-order valence-corrected chi connectivity index (χ3v) is 5.66. The van der Waals surface area contributed by atoms with Crippen molar-refractivity contribution in [3.63, 3.8) is 0 Å². The minimum atomic E-state index is -0.627. The molecule has 0 saturated carbocycles. The van der Waals surface area contributed by atoms with Gasteiger partial charge in [-0.05, 0) is 69.9 Å². The van der Waals surface area contributed by atoms with Gasteiger partial charge in [-0.25, -0.2) is 4.79 Å². The molecule has 0 heterocycles. The summed E-state index contributed by atoms with van der Waals surface area (Å²) in [5.74, 6) is -0.973. The van der Waals surface area contributed by atoms with Crippen LogP contribution in [0.2, 0.25) is 0 Å². The number of aromatic hydroxyl groups is 1. The van der Waals surface area contributed by atoms with Crippen LogP contribution in [-0.2, 0) is 14.3 Å². The maximum Gasteiger partial charge on any atom is 0.341 e. The molecule has 214 valence electrons. The van der Waals surface area contributed by atoms with Gasteiger partial charge >= 0.3 is 5.97 Å². The summed E-state index contributed by atoms with van der Waals surface area (Å²) >= 11 is 0. The topological polar surface area (TPSA) is 84.9 Å². The zero-order valence-electron chi connectivity index (χ0n) is 23.7. The highest BCUT2D eigenvalue weighted by molar-refractivity contribution is 5.92. The molecule has 1 amide bonds. The molecule has 1 atom stereocenters. The first kappa shape index (κ1) is 33.6.